The molecular weight excluding hydrogens is 670 g/mol. The number of aliphatic hydroxyl groups is 1. The molecule has 14 nitrogen and oxygen atoms in total. The second-order valence-corrected chi connectivity index (χ2v) is 13.3. The second kappa shape index (κ2) is 17.1. The number of fused-ring (bicyclic) bond motifs is 18. The van der Waals surface area contributed by atoms with Gasteiger partial charge in [-0.15, -0.1) is 0 Å². The van der Waals surface area contributed by atoms with Crippen molar-refractivity contribution < 1.29 is 43.3 Å². The number of aliphatic hydroxyl groups excluding tert-OH is 1. The van der Waals surface area contributed by atoms with Gasteiger partial charge in [-0.25, -0.2) is 0 Å². The van der Waals surface area contributed by atoms with Gasteiger partial charge in [-0.1, -0.05) is 56.3 Å². The lowest BCUT2D eigenvalue weighted by atomic mass is 10.0. The van der Waals surface area contributed by atoms with E-state index in [-0.39, 0.29) is 31.3 Å². The van der Waals surface area contributed by atoms with Crippen LogP contribution < -0.4 is 40.8 Å². The lowest BCUT2D eigenvalue weighted by Gasteiger charge is -2.29. The fourth-order valence-corrected chi connectivity index (χ4v) is 5.83. The van der Waals surface area contributed by atoms with Crippen molar-refractivity contribution in [3.63, 3.8) is 0 Å². The van der Waals surface area contributed by atoms with Crippen LogP contribution in [0.4, 0.5) is 0 Å². The topological polar surface area (TPSA) is 193 Å². The summed E-state index contributed by atoms with van der Waals surface area (Å²) in [5, 5.41) is 24.1. The molecule has 0 saturated carbocycles. The largest absolute Gasteiger partial charge is 0.491 e. The Balaban J connectivity index is 1.43. The van der Waals surface area contributed by atoms with Crippen molar-refractivity contribution in [1.29, 1.82) is 0 Å². The zero-order valence-corrected chi connectivity index (χ0v) is 29.5. The highest BCUT2D eigenvalue weighted by molar-refractivity contribution is 5.99. The van der Waals surface area contributed by atoms with E-state index in [0.29, 0.717) is 29.2 Å². The molecule has 52 heavy (non-hydrogen) atoms. The van der Waals surface area contributed by atoms with Crippen molar-refractivity contribution in [3.05, 3.63) is 89.5 Å². The van der Waals surface area contributed by atoms with Crippen LogP contribution in [0.3, 0.4) is 0 Å². The Kier molecular flexibility index (Phi) is 12.3. The van der Waals surface area contributed by atoms with E-state index in [9.17, 15) is 29.1 Å². The molecule has 0 unspecified atom stereocenters. The number of nitrogens with one attached hydrogen (secondary N) is 5. The van der Waals surface area contributed by atoms with Crippen LogP contribution in [-0.4, -0.2) is 84.4 Å². The molecule has 6 rings (SSSR count). The molecule has 6 N–H and O–H groups in total. The Bertz CT molecular complexity index is 1750. The molecule has 0 radical (unpaired) electrons. The number of hydrogen-bond donors (Lipinski definition) is 6. The summed E-state index contributed by atoms with van der Waals surface area (Å²) in [7, 11) is 0. The minimum Gasteiger partial charge on any atom is -0.491 e. The number of hydrogen-bond acceptors (Lipinski definition) is 9. The summed E-state index contributed by atoms with van der Waals surface area (Å²) < 4.78 is 16.8. The van der Waals surface area contributed by atoms with Gasteiger partial charge < -0.3 is 45.9 Å². The van der Waals surface area contributed by atoms with Crippen molar-refractivity contribution in [2.45, 2.75) is 76.8 Å². The van der Waals surface area contributed by atoms with Crippen molar-refractivity contribution in [1.82, 2.24) is 26.6 Å². The SMILES string of the molecule is CC(C)[C@H]1NC(=O)[C@H]([C@@H](C)O)NC(=O)[C@@H](C)NC(=O)[C@@H](NC(=O)c2ccc3c(c2)OCO3)Cc2ccc(cc2)OC[C@H](Cc2ccccc2)NC1=O. The van der Waals surface area contributed by atoms with Gasteiger partial charge in [-0.3, -0.25) is 24.0 Å². The predicted octanol–water partition coefficient (Wildman–Crippen LogP) is 1.39. The summed E-state index contributed by atoms with van der Waals surface area (Å²) in [5.74, 6) is -2.17. The Hall–Kier alpha value is -5.63. The molecule has 0 saturated heterocycles. The van der Waals surface area contributed by atoms with E-state index in [0.717, 1.165) is 5.56 Å². The first-order chi connectivity index (χ1) is 24.9. The molecule has 3 heterocycles. The van der Waals surface area contributed by atoms with E-state index in [2.05, 4.69) is 26.6 Å². The summed E-state index contributed by atoms with van der Waals surface area (Å²) in [6.07, 6.45) is -0.859. The molecule has 3 aliphatic heterocycles. The maximum Gasteiger partial charge on any atom is 0.252 e. The van der Waals surface area contributed by atoms with Gasteiger partial charge in [0.05, 0.1) is 12.1 Å². The van der Waals surface area contributed by atoms with Crippen LogP contribution >= 0.6 is 0 Å². The highest BCUT2D eigenvalue weighted by atomic mass is 16.7. The first-order valence-electron chi connectivity index (χ1n) is 17.2. The highest BCUT2D eigenvalue weighted by Crippen LogP contribution is 2.32. The predicted molar refractivity (Wildman–Crippen MR) is 190 cm³/mol. The van der Waals surface area contributed by atoms with E-state index < -0.39 is 65.8 Å². The number of carbonyl (C=O) groups is 5. The fourth-order valence-electron chi connectivity index (χ4n) is 5.83. The number of benzene rings is 3. The first-order valence-corrected chi connectivity index (χ1v) is 17.2. The van der Waals surface area contributed by atoms with Gasteiger partial charge in [-0.2, -0.15) is 0 Å². The molecule has 2 bridgehead atoms. The first kappa shape index (κ1) is 37.6. The zero-order chi connectivity index (χ0) is 37.4. The molecular formula is C38H45N5O9. The van der Waals surface area contributed by atoms with Crippen LogP contribution in [0.2, 0.25) is 0 Å². The van der Waals surface area contributed by atoms with E-state index in [1.807, 2.05) is 30.3 Å². The third kappa shape index (κ3) is 9.78. The summed E-state index contributed by atoms with van der Waals surface area (Å²) in [6.45, 7) is 6.40. The quantitative estimate of drug-likeness (QED) is 0.205. The standard InChI is InChI=1S/C38H45N5O9/c1-21(2)32-37(48)40-27(16-24-8-6-5-7-9-24)19-50-28-13-10-25(11-14-28)17-29(41-35(46)26-12-15-30-31(18-26)52-20-51-30)36(47)39-22(3)34(45)43-33(23(4)44)38(49)42-32/h5-15,18,21-23,27,29,32-33,44H,16-17,19-20H2,1-4H3,(H,39,47)(H,40,48)(H,41,46)(H,42,49)(H,43,45)/t22-,23-,27+,29+,32-,33+/m1/s1. The minimum atomic E-state index is -1.45. The summed E-state index contributed by atoms with van der Waals surface area (Å²) in [6, 6.07) is 16.0. The van der Waals surface area contributed by atoms with Gasteiger partial charge in [0.25, 0.3) is 5.91 Å². The van der Waals surface area contributed by atoms with Gasteiger partial charge in [-0.05, 0) is 67.6 Å². The van der Waals surface area contributed by atoms with Gasteiger partial charge in [0, 0.05) is 12.0 Å². The number of rotatable bonds is 6. The third-order valence-electron chi connectivity index (χ3n) is 8.80. The van der Waals surface area contributed by atoms with Gasteiger partial charge in [0.1, 0.15) is 36.5 Å². The molecule has 0 aromatic heterocycles. The van der Waals surface area contributed by atoms with Gasteiger partial charge >= 0.3 is 0 Å². The van der Waals surface area contributed by atoms with Crippen LogP contribution in [0.5, 0.6) is 17.2 Å². The lowest BCUT2D eigenvalue weighted by Crippen LogP contribution is -2.61. The molecule has 5 amide bonds. The van der Waals surface area contributed by atoms with Crippen molar-refractivity contribution >= 4 is 29.5 Å². The maximum absolute atomic E-state index is 13.7. The van der Waals surface area contributed by atoms with Crippen LogP contribution in [0.25, 0.3) is 0 Å². The van der Waals surface area contributed by atoms with Crippen LogP contribution in [0.15, 0.2) is 72.8 Å². The van der Waals surface area contributed by atoms with E-state index in [4.69, 9.17) is 14.2 Å². The molecule has 0 aliphatic carbocycles. The second-order valence-electron chi connectivity index (χ2n) is 13.3. The van der Waals surface area contributed by atoms with E-state index in [1.165, 1.54) is 19.9 Å². The number of amides is 5. The molecule has 6 atom stereocenters. The smallest absolute Gasteiger partial charge is 0.252 e. The Morgan fingerprint density at radius 1 is 0.788 bits per heavy atom. The van der Waals surface area contributed by atoms with Crippen LogP contribution in [-0.2, 0) is 32.0 Å². The van der Waals surface area contributed by atoms with Gasteiger partial charge in [0.15, 0.2) is 11.5 Å². The Morgan fingerprint density at radius 2 is 1.46 bits per heavy atom. The molecule has 0 fully saturated rings. The van der Waals surface area contributed by atoms with Crippen LogP contribution in [0, 0.1) is 5.92 Å². The summed E-state index contributed by atoms with van der Waals surface area (Å²) >= 11 is 0. The molecule has 3 aromatic carbocycles. The summed E-state index contributed by atoms with van der Waals surface area (Å²) in [4.78, 5) is 67.5. The molecule has 3 aromatic rings. The van der Waals surface area contributed by atoms with E-state index in [1.54, 1.807) is 50.2 Å². The Morgan fingerprint density at radius 3 is 2.15 bits per heavy atom. The van der Waals surface area contributed by atoms with Crippen molar-refractivity contribution in [2.24, 2.45) is 5.92 Å². The number of ether oxygens (including phenoxy) is 3. The molecule has 0 spiro atoms. The fraction of sp³-hybridized carbons (Fsp3) is 0.395. The summed E-state index contributed by atoms with van der Waals surface area (Å²) in [5.41, 5.74) is 1.88. The van der Waals surface area contributed by atoms with Crippen molar-refractivity contribution in [3.8, 4) is 17.2 Å². The van der Waals surface area contributed by atoms with Crippen LogP contribution in [0.1, 0.15) is 49.2 Å². The average Bonchev–Trinajstić information content (AvgIpc) is 3.60. The van der Waals surface area contributed by atoms with E-state index >= 15 is 0 Å². The zero-order valence-electron chi connectivity index (χ0n) is 29.5. The Labute approximate surface area is 302 Å². The van der Waals surface area contributed by atoms with Crippen molar-refractivity contribution in [2.75, 3.05) is 13.4 Å². The average molecular weight is 716 g/mol. The van der Waals surface area contributed by atoms with Gasteiger partial charge in [0.2, 0.25) is 30.4 Å². The maximum atomic E-state index is 13.7. The molecule has 276 valence electrons. The molecule has 14 heteroatoms. The highest BCUT2D eigenvalue weighted by Gasteiger charge is 2.34. The normalized spacial score (nSPS) is 23.4. The lowest BCUT2D eigenvalue weighted by molar-refractivity contribution is -0.136. The monoisotopic (exact) mass is 715 g/mol. The number of carbonyl (C=O) groups excluding carboxylic acids is 5. The third-order valence-corrected chi connectivity index (χ3v) is 8.80. The minimum absolute atomic E-state index is 0.0311. The molecule has 3 aliphatic rings.